The van der Waals surface area contributed by atoms with Gasteiger partial charge in [-0.3, -0.25) is 14.4 Å². The zero-order valence-corrected chi connectivity index (χ0v) is 21.2. The Bertz CT molecular complexity index is 1120. The number of aryl methyl sites for hydroxylation is 1. The van der Waals surface area contributed by atoms with Gasteiger partial charge >= 0.3 is 0 Å². The van der Waals surface area contributed by atoms with Crippen LogP contribution in [-0.2, 0) is 20.7 Å². The van der Waals surface area contributed by atoms with Gasteiger partial charge in [-0.25, -0.2) is 0 Å². The molecule has 0 bridgehead atoms. The average Bonchev–Trinajstić information content (AvgIpc) is 3.61. The first-order chi connectivity index (χ1) is 17.0. The number of aromatic nitrogens is 2. The summed E-state index contributed by atoms with van der Waals surface area (Å²) in [7, 11) is 0. The van der Waals surface area contributed by atoms with Crippen LogP contribution in [0.15, 0.2) is 24.4 Å². The number of ketones is 1. The Morgan fingerprint density at radius 2 is 2.09 bits per heavy atom. The molecule has 2 aromatic heterocycles. The lowest BCUT2D eigenvalue weighted by atomic mass is 9.83. The van der Waals surface area contributed by atoms with Crippen LogP contribution in [0.5, 0.6) is 0 Å². The van der Waals surface area contributed by atoms with Gasteiger partial charge in [0.1, 0.15) is 24.8 Å². The highest BCUT2D eigenvalue weighted by molar-refractivity contribution is 7.17. The topological polar surface area (TPSA) is 101 Å². The summed E-state index contributed by atoms with van der Waals surface area (Å²) in [5, 5.41) is 10.8. The summed E-state index contributed by atoms with van der Waals surface area (Å²) in [6.45, 7) is 2.24. The maximum atomic E-state index is 13.8. The molecule has 2 aromatic rings. The minimum atomic E-state index is -0.696. The number of alkyl halides is 1. The first-order valence-electron chi connectivity index (χ1n) is 12.3. The van der Waals surface area contributed by atoms with Gasteiger partial charge in [0.2, 0.25) is 5.91 Å². The predicted octanol–water partition coefficient (Wildman–Crippen LogP) is 3.23. The van der Waals surface area contributed by atoms with Gasteiger partial charge in [-0.05, 0) is 43.4 Å². The third kappa shape index (κ3) is 4.86. The van der Waals surface area contributed by atoms with Crippen LogP contribution in [0.2, 0.25) is 0 Å². The number of likely N-dealkylation sites (tertiary alicyclic amines) is 1. The number of thiophene rings is 1. The van der Waals surface area contributed by atoms with Crippen LogP contribution in [0.3, 0.4) is 0 Å². The van der Waals surface area contributed by atoms with E-state index >= 15 is 0 Å². The molecule has 186 valence electrons. The number of Topliss-reactive ketones (excluding diaryl/α,β-unsaturated/α-hetero) is 1. The smallest absolute Gasteiger partial charge is 0.262 e. The van der Waals surface area contributed by atoms with Crippen LogP contribution in [0.1, 0.15) is 54.4 Å². The second-order valence-corrected chi connectivity index (χ2v) is 11.1. The summed E-state index contributed by atoms with van der Waals surface area (Å²) in [6.07, 6.45) is 6.90. The number of carbonyl (C=O) groups is 3. The van der Waals surface area contributed by atoms with Crippen LogP contribution < -0.4 is 5.32 Å². The van der Waals surface area contributed by atoms with E-state index in [9.17, 15) is 14.4 Å². The van der Waals surface area contributed by atoms with E-state index in [0.29, 0.717) is 4.88 Å². The first kappa shape index (κ1) is 24.3. The van der Waals surface area contributed by atoms with Crippen molar-refractivity contribution in [3.05, 3.63) is 35.0 Å². The van der Waals surface area contributed by atoms with Gasteiger partial charge < -0.3 is 15.0 Å². The summed E-state index contributed by atoms with van der Waals surface area (Å²) in [5.74, 6) is -0.609. The number of halogens is 1. The number of rotatable bonds is 6. The summed E-state index contributed by atoms with van der Waals surface area (Å²) < 4.78 is 5.55. The van der Waals surface area contributed by atoms with E-state index in [1.165, 1.54) is 11.3 Å². The van der Waals surface area contributed by atoms with Crippen molar-refractivity contribution < 1.29 is 19.1 Å². The molecule has 3 aliphatic rings. The highest BCUT2D eigenvalue weighted by Crippen LogP contribution is 2.34. The van der Waals surface area contributed by atoms with E-state index in [2.05, 4.69) is 15.5 Å². The van der Waals surface area contributed by atoms with E-state index in [4.69, 9.17) is 16.3 Å². The predicted molar refractivity (Wildman–Crippen MR) is 132 cm³/mol. The second kappa shape index (κ2) is 10.3. The number of hydrogen-bond donors (Lipinski definition) is 1. The molecule has 1 aliphatic carbocycles. The molecule has 3 fully saturated rings. The molecule has 8 nitrogen and oxygen atoms in total. The van der Waals surface area contributed by atoms with Crippen molar-refractivity contribution in [1.82, 2.24) is 20.4 Å². The van der Waals surface area contributed by atoms with Crippen LogP contribution >= 0.6 is 22.9 Å². The maximum absolute atomic E-state index is 13.8. The van der Waals surface area contributed by atoms with Gasteiger partial charge in [0.05, 0.1) is 22.1 Å². The van der Waals surface area contributed by atoms with Gasteiger partial charge in [-0.15, -0.1) is 22.9 Å². The van der Waals surface area contributed by atoms with Crippen molar-refractivity contribution in [2.75, 3.05) is 13.2 Å². The standard InChI is InChI=1S/C25H29ClN4O4S/c1-2-16-10-15(11-27-29-16)19-8-9-20(35-19)24(32)28-21(14-6-4-3-5-7-14)25(33)30-12-17(26)23-22(30)18(31)13-34-23/h8-11,14,17,21-23H,2-7,12-13H2,1H3,(H,28,32)/t17-,21-,22+,23+/m0/s1. The van der Waals surface area contributed by atoms with E-state index < -0.39 is 23.6 Å². The molecule has 0 spiro atoms. The lowest BCUT2D eigenvalue weighted by Crippen LogP contribution is -2.55. The van der Waals surface area contributed by atoms with Crippen molar-refractivity contribution >= 4 is 40.5 Å². The molecule has 1 saturated carbocycles. The molecule has 10 heteroatoms. The second-order valence-electron chi connectivity index (χ2n) is 9.50. The van der Waals surface area contributed by atoms with Gasteiger partial charge in [0.15, 0.2) is 5.78 Å². The summed E-state index contributed by atoms with van der Waals surface area (Å²) in [4.78, 5) is 42.6. The lowest BCUT2D eigenvalue weighted by Gasteiger charge is -2.34. The summed E-state index contributed by atoms with van der Waals surface area (Å²) in [6, 6.07) is 4.29. The Morgan fingerprint density at radius 3 is 2.86 bits per heavy atom. The molecular formula is C25H29ClN4O4S. The molecule has 2 saturated heterocycles. The average molecular weight is 517 g/mol. The van der Waals surface area contributed by atoms with Crippen LogP contribution in [0, 0.1) is 5.92 Å². The quantitative estimate of drug-likeness (QED) is 0.591. The van der Waals surface area contributed by atoms with Crippen molar-refractivity contribution in [3.8, 4) is 10.4 Å². The van der Waals surface area contributed by atoms with Crippen LogP contribution in [0.4, 0.5) is 0 Å². The normalized spacial score (nSPS) is 25.5. The monoisotopic (exact) mass is 516 g/mol. The van der Waals surface area contributed by atoms with Crippen molar-refractivity contribution in [2.45, 2.75) is 69.0 Å². The molecule has 0 unspecified atom stereocenters. The highest BCUT2D eigenvalue weighted by Gasteiger charge is 2.53. The number of carbonyl (C=O) groups excluding carboxylic acids is 3. The molecule has 4 heterocycles. The largest absolute Gasteiger partial charge is 0.366 e. The van der Waals surface area contributed by atoms with E-state index in [1.807, 2.05) is 19.1 Å². The minimum absolute atomic E-state index is 0.0234. The zero-order chi connectivity index (χ0) is 24.5. The van der Waals surface area contributed by atoms with Crippen molar-refractivity contribution in [2.24, 2.45) is 5.92 Å². The maximum Gasteiger partial charge on any atom is 0.262 e. The van der Waals surface area contributed by atoms with Gasteiger partial charge in [0.25, 0.3) is 5.91 Å². The number of hydrogen-bond acceptors (Lipinski definition) is 7. The molecule has 0 radical (unpaired) electrons. The Labute approximate surface area is 213 Å². The first-order valence-corrected chi connectivity index (χ1v) is 13.5. The zero-order valence-electron chi connectivity index (χ0n) is 19.6. The SMILES string of the molecule is CCc1cc(-c2ccc(C(=O)N[C@H](C(=O)N3C[C@H](Cl)[C@H]4OCC(=O)[C@H]43)C3CCCCC3)s2)cnn1. The minimum Gasteiger partial charge on any atom is -0.366 e. The molecule has 5 rings (SSSR count). The van der Waals surface area contributed by atoms with Crippen LogP contribution in [0.25, 0.3) is 10.4 Å². The number of fused-ring (bicyclic) bond motifs is 1. The van der Waals surface area contributed by atoms with Gasteiger partial charge in [-0.2, -0.15) is 10.2 Å². The fourth-order valence-electron chi connectivity index (χ4n) is 5.40. The number of ether oxygens (including phenoxy) is 1. The van der Waals surface area contributed by atoms with Crippen molar-refractivity contribution in [3.63, 3.8) is 0 Å². The van der Waals surface area contributed by atoms with Gasteiger partial charge in [-0.1, -0.05) is 26.2 Å². The molecule has 4 atom stereocenters. The van der Waals surface area contributed by atoms with E-state index in [0.717, 1.165) is 54.7 Å². The van der Waals surface area contributed by atoms with E-state index in [-0.39, 0.29) is 36.7 Å². The molecule has 0 aromatic carbocycles. The Kier molecular flexibility index (Phi) is 7.18. The third-order valence-corrected chi connectivity index (χ3v) is 8.78. The lowest BCUT2D eigenvalue weighted by molar-refractivity contribution is -0.139. The van der Waals surface area contributed by atoms with Gasteiger partial charge in [0, 0.05) is 17.0 Å². The fraction of sp³-hybridized carbons (Fsp3) is 0.560. The molecule has 2 amide bonds. The molecule has 2 aliphatic heterocycles. The van der Waals surface area contributed by atoms with E-state index in [1.54, 1.807) is 17.2 Å². The fourth-order valence-corrected chi connectivity index (χ4v) is 6.65. The molecule has 35 heavy (non-hydrogen) atoms. The number of nitrogens with one attached hydrogen (secondary N) is 1. The number of amides is 2. The highest BCUT2D eigenvalue weighted by atomic mass is 35.5. The Balaban J connectivity index is 1.36. The summed E-state index contributed by atoms with van der Waals surface area (Å²) in [5.41, 5.74) is 1.80. The third-order valence-electron chi connectivity index (χ3n) is 7.26. The Hall–Kier alpha value is -2.36. The Morgan fingerprint density at radius 1 is 1.29 bits per heavy atom. The number of nitrogens with zero attached hydrogens (tertiary/aromatic N) is 3. The molecular weight excluding hydrogens is 488 g/mol. The van der Waals surface area contributed by atoms with Crippen molar-refractivity contribution in [1.29, 1.82) is 0 Å². The summed E-state index contributed by atoms with van der Waals surface area (Å²) >= 11 is 7.79. The molecule has 1 N–H and O–H groups in total. The van der Waals surface area contributed by atoms with Crippen LogP contribution in [-0.4, -0.2) is 69.4 Å².